The van der Waals surface area contributed by atoms with Crippen LogP contribution in [0.2, 0.25) is 0 Å². The van der Waals surface area contributed by atoms with Crippen LogP contribution in [0.3, 0.4) is 0 Å². The first kappa shape index (κ1) is 23.4. The predicted molar refractivity (Wildman–Crippen MR) is 141 cm³/mol. The Hall–Kier alpha value is -3.97. The molecule has 6 rings (SSSR count). The Bertz CT molecular complexity index is 1500. The molecular weight excluding hydrogens is 469 g/mol. The minimum Gasteiger partial charge on any atom is -0.455 e. The van der Waals surface area contributed by atoms with Crippen molar-refractivity contribution in [2.75, 3.05) is 27.2 Å². The van der Waals surface area contributed by atoms with Crippen molar-refractivity contribution in [2.45, 2.75) is 24.9 Å². The summed E-state index contributed by atoms with van der Waals surface area (Å²) in [5, 5.41) is 3.35. The van der Waals surface area contributed by atoms with Gasteiger partial charge in [0.15, 0.2) is 0 Å². The average Bonchev–Trinajstić information content (AvgIpc) is 3.42. The topological polar surface area (TPSA) is 65.8 Å². The Balaban J connectivity index is 1.39. The summed E-state index contributed by atoms with van der Waals surface area (Å²) >= 11 is 0. The number of hydrogen-bond acceptors (Lipinski definition) is 4. The lowest BCUT2D eigenvalue weighted by molar-refractivity contribution is 0.0472. The molecule has 0 aliphatic carbocycles. The highest BCUT2D eigenvalue weighted by molar-refractivity contribution is 6.11. The van der Waals surface area contributed by atoms with Gasteiger partial charge in [-0.2, -0.15) is 0 Å². The van der Waals surface area contributed by atoms with Crippen molar-refractivity contribution in [3.8, 4) is 22.5 Å². The van der Waals surface area contributed by atoms with E-state index in [1.54, 1.807) is 19.2 Å². The Morgan fingerprint density at radius 1 is 0.919 bits per heavy atom. The normalized spacial score (nSPS) is 19.4. The van der Waals surface area contributed by atoms with Crippen LogP contribution in [0.1, 0.15) is 33.6 Å². The third kappa shape index (κ3) is 4.09. The highest BCUT2D eigenvalue weighted by Gasteiger charge is 2.41. The first-order valence-electron chi connectivity index (χ1n) is 12.6. The van der Waals surface area contributed by atoms with Gasteiger partial charge in [-0.25, -0.2) is 4.39 Å². The number of nitrogens with one attached hydrogen (secondary N) is 1. The van der Waals surface area contributed by atoms with E-state index in [2.05, 4.69) is 22.2 Å². The van der Waals surface area contributed by atoms with Crippen molar-refractivity contribution in [3.05, 3.63) is 83.7 Å². The molecule has 0 spiro atoms. The summed E-state index contributed by atoms with van der Waals surface area (Å²) in [6.07, 6.45) is 2.10. The van der Waals surface area contributed by atoms with E-state index in [1.165, 1.54) is 12.1 Å². The van der Waals surface area contributed by atoms with Crippen molar-refractivity contribution in [1.82, 2.24) is 15.1 Å². The average molecular weight is 498 g/mol. The fourth-order valence-electron chi connectivity index (χ4n) is 5.86. The summed E-state index contributed by atoms with van der Waals surface area (Å²) in [5.74, 6) is -0.176. The molecule has 37 heavy (non-hydrogen) atoms. The Labute approximate surface area is 214 Å². The first-order chi connectivity index (χ1) is 17.9. The molecule has 2 amide bonds. The number of nitrogens with zero attached hydrogens (tertiary/aromatic N) is 2. The first-order valence-corrected chi connectivity index (χ1v) is 12.6. The SMILES string of the molecule is CNC(=O)c1c(-c2ccc(F)cc2)oc2ccc(-c3cccc(C(=O)N4C5CCC4CN(C)C5)c3)cc12. The van der Waals surface area contributed by atoms with Crippen molar-refractivity contribution in [1.29, 1.82) is 0 Å². The number of carbonyl (C=O) groups excluding carboxylic acids is 2. The number of hydrogen-bond donors (Lipinski definition) is 1. The second kappa shape index (κ2) is 9.16. The van der Waals surface area contributed by atoms with Crippen LogP contribution in [0, 0.1) is 5.82 Å². The van der Waals surface area contributed by atoms with Crippen LogP contribution in [0.15, 0.2) is 71.1 Å². The van der Waals surface area contributed by atoms with E-state index in [0.717, 1.165) is 37.1 Å². The highest BCUT2D eigenvalue weighted by atomic mass is 19.1. The molecule has 0 radical (unpaired) electrons. The summed E-state index contributed by atoms with van der Waals surface area (Å²) < 4.78 is 19.6. The van der Waals surface area contributed by atoms with E-state index in [-0.39, 0.29) is 29.7 Å². The fraction of sp³-hybridized carbons (Fsp3) is 0.267. The lowest BCUT2D eigenvalue weighted by Crippen LogP contribution is -2.54. The van der Waals surface area contributed by atoms with Crippen LogP contribution in [-0.4, -0.2) is 60.9 Å². The maximum Gasteiger partial charge on any atom is 0.255 e. The van der Waals surface area contributed by atoms with Gasteiger partial charge in [0, 0.05) is 48.7 Å². The number of amides is 2. The summed E-state index contributed by atoms with van der Waals surface area (Å²) in [4.78, 5) is 30.8. The quantitative estimate of drug-likeness (QED) is 0.422. The molecule has 3 heterocycles. The molecule has 2 bridgehead atoms. The number of furan rings is 1. The number of fused-ring (bicyclic) bond motifs is 3. The molecule has 3 aromatic carbocycles. The van der Waals surface area contributed by atoms with Gasteiger partial charge >= 0.3 is 0 Å². The molecule has 1 N–H and O–H groups in total. The van der Waals surface area contributed by atoms with E-state index >= 15 is 0 Å². The molecule has 6 nitrogen and oxygen atoms in total. The van der Waals surface area contributed by atoms with Gasteiger partial charge in [0.2, 0.25) is 0 Å². The number of carbonyl (C=O) groups is 2. The van der Waals surface area contributed by atoms with Crippen LogP contribution in [0.5, 0.6) is 0 Å². The van der Waals surface area contributed by atoms with Crippen LogP contribution < -0.4 is 5.32 Å². The van der Waals surface area contributed by atoms with Gasteiger partial charge in [0.25, 0.3) is 11.8 Å². The number of rotatable bonds is 4. The molecule has 2 unspecified atom stereocenters. The second-order valence-corrected chi connectivity index (χ2v) is 10.0. The van der Waals surface area contributed by atoms with Gasteiger partial charge in [0.1, 0.15) is 17.2 Å². The minimum atomic E-state index is -0.359. The molecule has 2 saturated heterocycles. The van der Waals surface area contributed by atoms with Gasteiger partial charge in [-0.05, 0) is 79.5 Å². The predicted octanol–water partition coefficient (Wildman–Crippen LogP) is 5.18. The molecule has 2 fully saturated rings. The second-order valence-electron chi connectivity index (χ2n) is 10.0. The molecule has 2 aliphatic rings. The van der Waals surface area contributed by atoms with Gasteiger partial charge in [-0.15, -0.1) is 0 Å². The zero-order chi connectivity index (χ0) is 25.7. The fourth-order valence-corrected chi connectivity index (χ4v) is 5.86. The molecule has 1 aromatic heterocycles. The third-order valence-corrected chi connectivity index (χ3v) is 7.59. The molecular formula is C30H28FN3O3. The molecule has 188 valence electrons. The number of likely N-dealkylation sites (N-methyl/N-ethyl adjacent to an activating group) is 1. The Kier molecular flexibility index (Phi) is 5.80. The number of halogens is 1. The summed E-state index contributed by atoms with van der Waals surface area (Å²) in [6.45, 7) is 1.83. The van der Waals surface area contributed by atoms with Gasteiger partial charge < -0.3 is 19.5 Å². The number of benzene rings is 3. The number of likely N-dealkylation sites (tertiary alicyclic amines) is 1. The van der Waals surface area contributed by atoms with E-state index in [1.807, 2.05) is 42.5 Å². The van der Waals surface area contributed by atoms with E-state index in [9.17, 15) is 14.0 Å². The Morgan fingerprint density at radius 3 is 2.30 bits per heavy atom. The lowest BCUT2D eigenvalue weighted by atomic mass is 9.98. The van der Waals surface area contributed by atoms with Crippen LogP contribution in [0.4, 0.5) is 4.39 Å². The van der Waals surface area contributed by atoms with Gasteiger partial charge in [0.05, 0.1) is 5.56 Å². The third-order valence-electron chi connectivity index (χ3n) is 7.59. The lowest BCUT2D eigenvalue weighted by Gasteiger charge is -2.39. The smallest absolute Gasteiger partial charge is 0.255 e. The van der Waals surface area contributed by atoms with Crippen molar-refractivity contribution >= 4 is 22.8 Å². The molecule has 4 aromatic rings. The van der Waals surface area contributed by atoms with Crippen LogP contribution in [-0.2, 0) is 0 Å². The largest absolute Gasteiger partial charge is 0.455 e. The van der Waals surface area contributed by atoms with E-state index < -0.39 is 0 Å². The monoisotopic (exact) mass is 497 g/mol. The van der Waals surface area contributed by atoms with E-state index in [0.29, 0.717) is 33.4 Å². The highest BCUT2D eigenvalue weighted by Crippen LogP contribution is 2.37. The van der Waals surface area contributed by atoms with Crippen molar-refractivity contribution in [3.63, 3.8) is 0 Å². The zero-order valence-corrected chi connectivity index (χ0v) is 20.8. The van der Waals surface area contributed by atoms with Gasteiger partial charge in [-0.3, -0.25) is 9.59 Å². The minimum absolute atomic E-state index is 0.0801. The molecule has 2 atom stereocenters. The van der Waals surface area contributed by atoms with Crippen molar-refractivity contribution < 1.29 is 18.4 Å². The Morgan fingerprint density at radius 2 is 1.59 bits per heavy atom. The summed E-state index contributed by atoms with van der Waals surface area (Å²) in [7, 11) is 3.69. The zero-order valence-electron chi connectivity index (χ0n) is 20.8. The maximum absolute atomic E-state index is 13.5. The van der Waals surface area contributed by atoms with Crippen LogP contribution >= 0.6 is 0 Å². The van der Waals surface area contributed by atoms with Crippen LogP contribution in [0.25, 0.3) is 33.4 Å². The maximum atomic E-state index is 13.5. The summed E-state index contributed by atoms with van der Waals surface area (Å²) in [6, 6.07) is 19.8. The molecule has 2 aliphatic heterocycles. The standard InChI is InChI=1S/C30H28FN3O3/c1-32-29(35)27-25-15-20(8-13-26(25)37-28(27)18-6-9-22(31)10-7-18)19-4-3-5-21(14-19)30(36)34-23-11-12-24(34)17-33(2)16-23/h3-10,13-15,23-24H,11-12,16-17H2,1-2H3,(H,32,35). The molecule has 0 saturated carbocycles. The number of piperazine rings is 1. The van der Waals surface area contributed by atoms with E-state index in [4.69, 9.17) is 4.42 Å². The van der Waals surface area contributed by atoms with Crippen molar-refractivity contribution in [2.24, 2.45) is 0 Å². The van der Waals surface area contributed by atoms with Gasteiger partial charge in [-0.1, -0.05) is 18.2 Å². The molecule has 7 heteroatoms. The summed E-state index contributed by atoms with van der Waals surface area (Å²) in [5.41, 5.74) is 4.01.